The number of carbonyl (C=O) groups excluding carboxylic acids is 1. The van der Waals surface area contributed by atoms with Gasteiger partial charge in [0.15, 0.2) is 0 Å². The first-order chi connectivity index (χ1) is 7.06. The summed E-state index contributed by atoms with van der Waals surface area (Å²) in [6.07, 6.45) is 0. The standard InChI is InChI=1S/C8H14N4O3/c1-4(2)5(3-13)10-8(14)6-7(9)12-15-11-6/h4-5,13H,3H2,1-2H3,(H2,9,12)(H,10,14)/t5-/m1/s1. The minimum Gasteiger partial charge on any atom is -0.394 e. The molecular formula is C8H14N4O3. The van der Waals surface area contributed by atoms with Crippen molar-refractivity contribution in [2.75, 3.05) is 12.3 Å². The number of hydrogen-bond acceptors (Lipinski definition) is 6. The number of aliphatic hydroxyl groups excluding tert-OH is 1. The van der Waals surface area contributed by atoms with Crippen molar-refractivity contribution in [2.24, 2.45) is 5.92 Å². The number of carbonyl (C=O) groups is 1. The molecule has 1 amide bonds. The minimum absolute atomic E-state index is 0.0610. The van der Waals surface area contributed by atoms with Gasteiger partial charge in [-0.25, -0.2) is 4.63 Å². The molecule has 0 spiro atoms. The highest BCUT2D eigenvalue weighted by molar-refractivity contribution is 5.96. The smallest absolute Gasteiger partial charge is 0.277 e. The molecule has 0 fully saturated rings. The Morgan fingerprint density at radius 3 is 2.67 bits per heavy atom. The molecule has 7 heteroatoms. The summed E-state index contributed by atoms with van der Waals surface area (Å²) < 4.78 is 4.29. The second kappa shape index (κ2) is 4.74. The van der Waals surface area contributed by atoms with Gasteiger partial charge in [-0.15, -0.1) is 0 Å². The van der Waals surface area contributed by atoms with E-state index in [-0.39, 0.29) is 30.1 Å². The molecule has 0 aliphatic carbocycles. The predicted octanol–water partition coefficient (Wildman–Crippen LogP) is -0.602. The number of hydrogen-bond donors (Lipinski definition) is 3. The molecule has 0 saturated carbocycles. The SMILES string of the molecule is CC(C)[C@@H](CO)NC(=O)c1nonc1N. The first-order valence-electron chi connectivity index (χ1n) is 4.56. The van der Waals surface area contributed by atoms with Crippen LogP contribution in [0.3, 0.4) is 0 Å². The maximum Gasteiger partial charge on any atom is 0.277 e. The molecule has 1 aromatic heterocycles. The van der Waals surface area contributed by atoms with Gasteiger partial charge in [0.25, 0.3) is 5.91 Å². The summed E-state index contributed by atoms with van der Waals surface area (Å²) in [6.45, 7) is 3.62. The van der Waals surface area contributed by atoms with Crippen molar-refractivity contribution < 1.29 is 14.5 Å². The number of aromatic nitrogens is 2. The molecule has 7 nitrogen and oxygen atoms in total. The van der Waals surface area contributed by atoms with Crippen molar-refractivity contribution in [3.8, 4) is 0 Å². The fraction of sp³-hybridized carbons (Fsp3) is 0.625. The Morgan fingerprint density at radius 1 is 1.60 bits per heavy atom. The van der Waals surface area contributed by atoms with Crippen molar-refractivity contribution in [3.63, 3.8) is 0 Å². The molecule has 0 bridgehead atoms. The lowest BCUT2D eigenvalue weighted by Gasteiger charge is -2.18. The number of anilines is 1. The third-order valence-electron chi connectivity index (χ3n) is 2.05. The quantitative estimate of drug-likeness (QED) is 0.616. The molecule has 15 heavy (non-hydrogen) atoms. The van der Waals surface area contributed by atoms with Crippen molar-refractivity contribution >= 4 is 11.7 Å². The lowest BCUT2D eigenvalue weighted by molar-refractivity contribution is 0.0887. The highest BCUT2D eigenvalue weighted by Gasteiger charge is 2.21. The van der Waals surface area contributed by atoms with Crippen LogP contribution in [0.4, 0.5) is 5.82 Å². The van der Waals surface area contributed by atoms with Gasteiger partial charge >= 0.3 is 0 Å². The monoisotopic (exact) mass is 214 g/mol. The van der Waals surface area contributed by atoms with Gasteiger partial charge in [-0.05, 0) is 16.2 Å². The second-order valence-electron chi connectivity index (χ2n) is 3.50. The maximum atomic E-state index is 11.5. The summed E-state index contributed by atoms with van der Waals surface area (Å²) in [5, 5.41) is 18.2. The van der Waals surface area contributed by atoms with Crippen LogP contribution in [0.1, 0.15) is 24.3 Å². The minimum atomic E-state index is -0.499. The Hall–Kier alpha value is -1.63. The number of aliphatic hydroxyl groups is 1. The van der Waals surface area contributed by atoms with E-state index in [2.05, 4.69) is 20.3 Å². The first kappa shape index (κ1) is 11.4. The van der Waals surface area contributed by atoms with Crippen molar-refractivity contribution in [1.29, 1.82) is 0 Å². The van der Waals surface area contributed by atoms with Crippen LogP contribution in [-0.4, -0.2) is 34.0 Å². The summed E-state index contributed by atoms with van der Waals surface area (Å²) in [5.74, 6) is -0.450. The molecule has 84 valence electrons. The highest BCUT2D eigenvalue weighted by atomic mass is 16.6. The van der Waals surface area contributed by atoms with Gasteiger partial charge in [0, 0.05) is 0 Å². The summed E-state index contributed by atoms with van der Waals surface area (Å²) in [4.78, 5) is 11.5. The predicted molar refractivity (Wildman–Crippen MR) is 51.9 cm³/mol. The number of nitrogens with one attached hydrogen (secondary N) is 1. The molecule has 0 aliphatic rings. The number of nitrogens with two attached hydrogens (primary N) is 1. The molecular weight excluding hydrogens is 200 g/mol. The Kier molecular flexibility index (Phi) is 3.62. The third-order valence-corrected chi connectivity index (χ3v) is 2.05. The van der Waals surface area contributed by atoms with Crippen LogP contribution in [0.2, 0.25) is 0 Å². The first-order valence-corrected chi connectivity index (χ1v) is 4.56. The average Bonchev–Trinajstić information content (AvgIpc) is 2.60. The number of nitrogen functional groups attached to an aromatic ring is 1. The van der Waals surface area contributed by atoms with E-state index in [9.17, 15) is 4.79 Å². The summed E-state index contributed by atoms with van der Waals surface area (Å²) in [7, 11) is 0. The fourth-order valence-corrected chi connectivity index (χ4v) is 1.01. The maximum absolute atomic E-state index is 11.5. The van der Waals surface area contributed by atoms with E-state index in [4.69, 9.17) is 10.8 Å². The molecule has 1 rings (SSSR count). The van der Waals surface area contributed by atoms with Gasteiger partial charge in [-0.3, -0.25) is 4.79 Å². The van der Waals surface area contributed by atoms with Gasteiger partial charge in [-0.1, -0.05) is 13.8 Å². The van der Waals surface area contributed by atoms with Crippen LogP contribution in [0, 0.1) is 5.92 Å². The van der Waals surface area contributed by atoms with Crippen LogP contribution in [0.15, 0.2) is 4.63 Å². The van der Waals surface area contributed by atoms with E-state index in [1.807, 2.05) is 13.8 Å². The molecule has 1 aromatic rings. The zero-order valence-electron chi connectivity index (χ0n) is 8.60. The number of rotatable bonds is 4. The number of amides is 1. The van der Waals surface area contributed by atoms with E-state index in [0.29, 0.717) is 0 Å². The molecule has 1 atom stereocenters. The zero-order valence-corrected chi connectivity index (χ0v) is 8.60. The topological polar surface area (TPSA) is 114 Å². The van der Waals surface area contributed by atoms with Gasteiger partial charge in [-0.2, -0.15) is 0 Å². The molecule has 0 radical (unpaired) electrons. The lowest BCUT2D eigenvalue weighted by Crippen LogP contribution is -2.41. The van der Waals surface area contributed by atoms with E-state index in [0.717, 1.165) is 0 Å². The largest absolute Gasteiger partial charge is 0.394 e. The van der Waals surface area contributed by atoms with Crippen molar-refractivity contribution in [1.82, 2.24) is 15.6 Å². The van der Waals surface area contributed by atoms with E-state index >= 15 is 0 Å². The molecule has 0 aliphatic heterocycles. The Morgan fingerprint density at radius 2 is 2.27 bits per heavy atom. The third kappa shape index (κ3) is 2.66. The normalized spacial score (nSPS) is 12.8. The van der Waals surface area contributed by atoms with Gasteiger partial charge < -0.3 is 16.2 Å². The fourth-order valence-electron chi connectivity index (χ4n) is 1.01. The van der Waals surface area contributed by atoms with Crippen molar-refractivity contribution in [3.05, 3.63) is 5.69 Å². The van der Waals surface area contributed by atoms with Crippen LogP contribution < -0.4 is 11.1 Å². The summed E-state index contributed by atoms with van der Waals surface area (Å²) in [6, 6.07) is -0.339. The van der Waals surface area contributed by atoms with E-state index < -0.39 is 5.91 Å². The van der Waals surface area contributed by atoms with Gasteiger partial charge in [0.05, 0.1) is 12.6 Å². The molecule has 4 N–H and O–H groups in total. The zero-order chi connectivity index (χ0) is 11.4. The number of nitrogens with zero attached hydrogens (tertiary/aromatic N) is 2. The van der Waals surface area contributed by atoms with E-state index in [1.54, 1.807) is 0 Å². The van der Waals surface area contributed by atoms with E-state index in [1.165, 1.54) is 0 Å². The second-order valence-corrected chi connectivity index (χ2v) is 3.50. The van der Waals surface area contributed by atoms with Crippen molar-refractivity contribution in [2.45, 2.75) is 19.9 Å². The average molecular weight is 214 g/mol. The lowest BCUT2D eigenvalue weighted by atomic mass is 10.1. The molecule has 0 unspecified atom stereocenters. The Bertz CT molecular complexity index is 336. The molecule has 0 saturated heterocycles. The van der Waals surface area contributed by atoms with Gasteiger partial charge in [0.1, 0.15) is 0 Å². The molecule has 0 aromatic carbocycles. The van der Waals surface area contributed by atoms with Crippen LogP contribution in [0.25, 0.3) is 0 Å². The van der Waals surface area contributed by atoms with Crippen LogP contribution >= 0.6 is 0 Å². The van der Waals surface area contributed by atoms with Crippen LogP contribution in [0.5, 0.6) is 0 Å². The summed E-state index contributed by atoms with van der Waals surface area (Å²) in [5.41, 5.74) is 5.28. The highest BCUT2D eigenvalue weighted by Crippen LogP contribution is 2.06. The summed E-state index contributed by atoms with van der Waals surface area (Å²) >= 11 is 0. The Balaban J connectivity index is 2.67. The van der Waals surface area contributed by atoms with Crippen LogP contribution in [-0.2, 0) is 0 Å². The molecule has 1 heterocycles. The Labute approximate surface area is 86.6 Å². The van der Waals surface area contributed by atoms with Gasteiger partial charge in [0.2, 0.25) is 11.5 Å².